The highest BCUT2D eigenvalue weighted by Crippen LogP contribution is 2.17. The maximum atomic E-state index is 12.3. The van der Waals surface area contributed by atoms with Crippen LogP contribution in [0.1, 0.15) is 30.3 Å². The number of anilines is 2. The molecule has 0 bridgehead atoms. The van der Waals surface area contributed by atoms with Crippen molar-refractivity contribution < 1.29 is 19.1 Å². The van der Waals surface area contributed by atoms with Crippen molar-refractivity contribution in [1.29, 1.82) is 0 Å². The SMILES string of the molecule is CCOC(=O)N1CCC(Nc2ccc(C(=O)Nc3ccc(OC)cc3)nn2)CC1. The zero-order valence-corrected chi connectivity index (χ0v) is 16.6. The number of benzene rings is 1. The number of nitrogens with zero attached hydrogens (tertiary/aromatic N) is 3. The first-order chi connectivity index (χ1) is 14.1. The van der Waals surface area contributed by atoms with Crippen LogP contribution >= 0.6 is 0 Å². The van der Waals surface area contributed by atoms with Gasteiger partial charge in [0.1, 0.15) is 11.6 Å². The smallest absolute Gasteiger partial charge is 0.409 e. The maximum absolute atomic E-state index is 12.3. The monoisotopic (exact) mass is 399 g/mol. The molecule has 1 aromatic carbocycles. The summed E-state index contributed by atoms with van der Waals surface area (Å²) in [5.41, 5.74) is 0.872. The number of hydrogen-bond acceptors (Lipinski definition) is 7. The Morgan fingerprint density at radius 1 is 1.10 bits per heavy atom. The van der Waals surface area contributed by atoms with Crippen molar-refractivity contribution in [1.82, 2.24) is 15.1 Å². The number of likely N-dealkylation sites (tertiary alicyclic amines) is 1. The summed E-state index contributed by atoms with van der Waals surface area (Å²) in [5, 5.41) is 14.2. The summed E-state index contributed by atoms with van der Waals surface area (Å²) in [5.74, 6) is 0.976. The lowest BCUT2D eigenvalue weighted by Crippen LogP contribution is -2.42. The molecule has 0 spiro atoms. The minimum atomic E-state index is -0.336. The normalized spacial score (nSPS) is 14.2. The minimum Gasteiger partial charge on any atom is -0.497 e. The lowest BCUT2D eigenvalue weighted by atomic mass is 10.1. The van der Waals surface area contributed by atoms with E-state index in [0.29, 0.717) is 37.0 Å². The number of amides is 2. The molecule has 1 saturated heterocycles. The standard InChI is InChI=1S/C20H25N5O4/c1-3-29-20(27)25-12-10-15(11-13-25)21-18-9-8-17(23-24-18)19(26)22-14-4-6-16(28-2)7-5-14/h4-9,15H,3,10-13H2,1-2H3,(H,21,24)(H,22,26). The molecule has 0 saturated carbocycles. The molecule has 1 fully saturated rings. The van der Waals surface area contributed by atoms with E-state index in [4.69, 9.17) is 9.47 Å². The first kappa shape index (κ1) is 20.4. The summed E-state index contributed by atoms with van der Waals surface area (Å²) in [6.07, 6.45) is 1.32. The number of aromatic nitrogens is 2. The number of carbonyl (C=O) groups is 2. The van der Waals surface area contributed by atoms with Crippen molar-refractivity contribution in [2.45, 2.75) is 25.8 Å². The third-order valence-corrected chi connectivity index (χ3v) is 4.62. The lowest BCUT2D eigenvalue weighted by Gasteiger charge is -2.31. The van der Waals surface area contributed by atoms with Crippen molar-refractivity contribution in [3.8, 4) is 5.75 Å². The molecule has 2 heterocycles. The molecule has 0 atom stereocenters. The molecule has 0 aliphatic carbocycles. The number of hydrogen-bond donors (Lipinski definition) is 2. The van der Waals surface area contributed by atoms with E-state index < -0.39 is 0 Å². The fraction of sp³-hybridized carbons (Fsp3) is 0.400. The zero-order valence-electron chi connectivity index (χ0n) is 16.6. The fourth-order valence-corrected chi connectivity index (χ4v) is 3.03. The van der Waals surface area contributed by atoms with E-state index in [1.807, 2.05) is 0 Å². The summed E-state index contributed by atoms with van der Waals surface area (Å²) in [7, 11) is 1.59. The summed E-state index contributed by atoms with van der Waals surface area (Å²) >= 11 is 0. The Morgan fingerprint density at radius 3 is 2.41 bits per heavy atom. The Kier molecular flexibility index (Phi) is 6.83. The van der Waals surface area contributed by atoms with Crippen LogP contribution in [0.5, 0.6) is 5.75 Å². The van der Waals surface area contributed by atoms with Crippen LogP contribution in [0.15, 0.2) is 36.4 Å². The molecule has 29 heavy (non-hydrogen) atoms. The highest BCUT2D eigenvalue weighted by Gasteiger charge is 2.23. The van der Waals surface area contributed by atoms with Crippen LogP contribution in [-0.4, -0.2) is 59.9 Å². The topological polar surface area (TPSA) is 106 Å². The van der Waals surface area contributed by atoms with Crippen LogP contribution in [0, 0.1) is 0 Å². The van der Waals surface area contributed by atoms with E-state index in [1.165, 1.54) is 0 Å². The van der Waals surface area contributed by atoms with Crippen molar-refractivity contribution >= 4 is 23.5 Å². The molecule has 2 N–H and O–H groups in total. The van der Waals surface area contributed by atoms with Crippen LogP contribution in [0.4, 0.5) is 16.3 Å². The highest BCUT2D eigenvalue weighted by atomic mass is 16.6. The average Bonchev–Trinajstić information content (AvgIpc) is 2.75. The molecule has 1 aliphatic rings. The zero-order chi connectivity index (χ0) is 20.6. The Balaban J connectivity index is 1.49. The van der Waals surface area contributed by atoms with Crippen LogP contribution in [0.2, 0.25) is 0 Å². The molecule has 2 aromatic rings. The Hall–Kier alpha value is -3.36. The summed E-state index contributed by atoms with van der Waals surface area (Å²) in [6.45, 7) is 3.44. The second-order valence-electron chi connectivity index (χ2n) is 6.59. The lowest BCUT2D eigenvalue weighted by molar-refractivity contribution is 0.0982. The molecule has 154 valence electrons. The maximum Gasteiger partial charge on any atom is 0.409 e. The first-order valence-electron chi connectivity index (χ1n) is 9.56. The second-order valence-corrected chi connectivity index (χ2v) is 6.59. The predicted octanol–water partition coefficient (Wildman–Crippen LogP) is 2.77. The van der Waals surface area contributed by atoms with Crippen molar-refractivity contribution in [3.63, 3.8) is 0 Å². The molecular weight excluding hydrogens is 374 g/mol. The number of carbonyl (C=O) groups excluding carboxylic acids is 2. The van der Waals surface area contributed by atoms with Gasteiger partial charge in [-0.2, -0.15) is 0 Å². The largest absolute Gasteiger partial charge is 0.497 e. The van der Waals surface area contributed by atoms with Gasteiger partial charge < -0.3 is 25.0 Å². The van der Waals surface area contributed by atoms with E-state index >= 15 is 0 Å². The van der Waals surface area contributed by atoms with E-state index in [-0.39, 0.29) is 23.7 Å². The van der Waals surface area contributed by atoms with Gasteiger partial charge in [-0.1, -0.05) is 0 Å². The van der Waals surface area contributed by atoms with Gasteiger partial charge in [-0.05, 0) is 56.2 Å². The van der Waals surface area contributed by atoms with Crippen LogP contribution in [0.3, 0.4) is 0 Å². The average molecular weight is 399 g/mol. The first-order valence-corrected chi connectivity index (χ1v) is 9.56. The summed E-state index contributed by atoms with van der Waals surface area (Å²) < 4.78 is 10.1. The van der Waals surface area contributed by atoms with Gasteiger partial charge in [0.15, 0.2) is 5.69 Å². The van der Waals surface area contributed by atoms with Crippen LogP contribution in [-0.2, 0) is 4.74 Å². The number of nitrogens with one attached hydrogen (secondary N) is 2. The number of piperidine rings is 1. The molecule has 1 aliphatic heterocycles. The van der Waals surface area contributed by atoms with E-state index in [2.05, 4.69) is 20.8 Å². The third-order valence-electron chi connectivity index (χ3n) is 4.62. The molecule has 2 amide bonds. The van der Waals surface area contributed by atoms with Crippen LogP contribution in [0.25, 0.3) is 0 Å². The molecule has 9 nitrogen and oxygen atoms in total. The van der Waals surface area contributed by atoms with E-state index in [1.54, 1.807) is 55.3 Å². The number of ether oxygens (including phenoxy) is 2. The van der Waals surface area contributed by atoms with Gasteiger partial charge in [0, 0.05) is 24.8 Å². The van der Waals surface area contributed by atoms with E-state index in [9.17, 15) is 9.59 Å². The van der Waals surface area contributed by atoms with Gasteiger partial charge in [-0.15, -0.1) is 10.2 Å². The van der Waals surface area contributed by atoms with Gasteiger partial charge >= 0.3 is 6.09 Å². The molecular formula is C20H25N5O4. The molecule has 1 aromatic heterocycles. The number of rotatable bonds is 6. The minimum absolute atomic E-state index is 0.189. The van der Waals surface area contributed by atoms with Crippen molar-refractivity contribution in [2.75, 3.05) is 37.4 Å². The molecule has 3 rings (SSSR count). The third kappa shape index (κ3) is 5.56. The highest BCUT2D eigenvalue weighted by molar-refractivity contribution is 6.02. The van der Waals surface area contributed by atoms with Crippen molar-refractivity contribution in [2.24, 2.45) is 0 Å². The Bertz CT molecular complexity index is 818. The number of methoxy groups -OCH3 is 1. The quantitative estimate of drug-likeness (QED) is 0.769. The second kappa shape index (κ2) is 9.72. The van der Waals surface area contributed by atoms with Gasteiger partial charge in [0.25, 0.3) is 5.91 Å². The fourth-order valence-electron chi connectivity index (χ4n) is 3.03. The van der Waals surface area contributed by atoms with Gasteiger partial charge in [0.2, 0.25) is 0 Å². The molecule has 0 radical (unpaired) electrons. The summed E-state index contributed by atoms with van der Waals surface area (Å²) in [6, 6.07) is 10.6. The summed E-state index contributed by atoms with van der Waals surface area (Å²) in [4.78, 5) is 25.8. The molecule has 0 unspecified atom stereocenters. The van der Waals surface area contributed by atoms with E-state index in [0.717, 1.165) is 12.8 Å². The molecule has 9 heteroatoms. The predicted molar refractivity (Wildman–Crippen MR) is 108 cm³/mol. The Labute approximate surface area is 169 Å². The van der Waals surface area contributed by atoms with Crippen LogP contribution < -0.4 is 15.4 Å². The Morgan fingerprint density at radius 2 is 1.83 bits per heavy atom. The van der Waals surface area contributed by atoms with Gasteiger partial charge in [-0.25, -0.2) is 4.79 Å². The van der Waals surface area contributed by atoms with Gasteiger partial charge in [-0.3, -0.25) is 4.79 Å². The van der Waals surface area contributed by atoms with Gasteiger partial charge in [0.05, 0.1) is 13.7 Å². The van der Waals surface area contributed by atoms with Crippen molar-refractivity contribution in [3.05, 3.63) is 42.1 Å².